The van der Waals surface area contributed by atoms with Crippen molar-refractivity contribution in [2.75, 3.05) is 13.7 Å². The minimum atomic E-state index is -0.495. The number of hydrogen-bond acceptors (Lipinski definition) is 4. The first-order valence-corrected chi connectivity index (χ1v) is 8.47. The van der Waals surface area contributed by atoms with Crippen LogP contribution in [0.4, 0.5) is 0 Å². The SMILES string of the molecule is COc1ccc(OCC(=O)N2C(C(N)=O)CC3CCCCC32)cc1. The fraction of sp³-hybridized carbons (Fsp3) is 0.556. The molecule has 6 heteroatoms. The summed E-state index contributed by atoms with van der Waals surface area (Å²) >= 11 is 0. The zero-order valence-electron chi connectivity index (χ0n) is 13.9. The van der Waals surface area contributed by atoms with E-state index in [9.17, 15) is 9.59 Å². The van der Waals surface area contributed by atoms with Crippen LogP contribution in [-0.4, -0.2) is 42.5 Å². The van der Waals surface area contributed by atoms with Gasteiger partial charge in [-0.2, -0.15) is 0 Å². The third kappa shape index (κ3) is 3.32. The van der Waals surface area contributed by atoms with Crippen molar-refractivity contribution in [3.63, 3.8) is 0 Å². The molecule has 1 aliphatic heterocycles. The first-order valence-electron chi connectivity index (χ1n) is 8.47. The molecule has 6 nitrogen and oxygen atoms in total. The van der Waals surface area contributed by atoms with Gasteiger partial charge in [-0.15, -0.1) is 0 Å². The molecule has 0 bridgehead atoms. The van der Waals surface area contributed by atoms with Gasteiger partial charge in [0.05, 0.1) is 7.11 Å². The lowest BCUT2D eigenvalue weighted by molar-refractivity contribution is -0.141. The zero-order valence-corrected chi connectivity index (χ0v) is 13.9. The lowest BCUT2D eigenvalue weighted by atomic mass is 9.84. The van der Waals surface area contributed by atoms with Crippen LogP contribution < -0.4 is 15.2 Å². The standard InChI is InChI=1S/C18H24N2O4/c1-23-13-6-8-14(9-7-13)24-11-17(21)20-15-5-3-2-4-12(15)10-16(20)18(19)22/h6-9,12,15-16H,2-5,10-11H2,1H3,(H2,19,22). The molecule has 1 saturated carbocycles. The lowest BCUT2D eigenvalue weighted by Crippen LogP contribution is -2.49. The summed E-state index contributed by atoms with van der Waals surface area (Å²) in [5.41, 5.74) is 5.53. The monoisotopic (exact) mass is 332 g/mol. The second-order valence-corrected chi connectivity index (χ2v) is 6.53. The van der Waals surface area contributed by atoms with E-state index >= 15 is 0 Å². The molecule has 0 radical (unpaired) electrons. The lowest BCUT2D eigenvalue weighted by Gasteiger charge is -2.33. The van der Waals surface area contributed by atoms with Gasteiger partial charge >= 0.3 is 0 Å². The number of carbonyl (C=O) groups is 2. The molecule has 2 amide bonds. The Balaban J connectivity index is 1.66. The Labute approximate surface area is 141 Å². The van der Waals surface area contributed by atoms with Gasteiger partial charge in [0.15, 0.2) is 6.61 Å². The van der Waals surface area contributed by atoms with Crippen LogP contribution in [0.1, 0.15) is 32.1 Å². The maximum atomic E-state index is 12.7. The second kappa shape index (κ2) is 7.11. The highest BCUT2D eigenvalue weighted by atomic mass is 16.5. The summed E-state index contributed by atoms with van der Waals surface area (Å²) in [4.78, 5) is 26.1. The van der Waals surface area contributed by atoms with Crippen LogP contribution >= 0.6 is 0 Å². The number of hydrogen-bond donors (Lipinski definition) is 1. The minimum Gasteiger partial charge on any atom is -0.497 e. The fourth-order valence-corrected chi connectivity index (χ4v) is 3.96. The quantitative estimate of drug-likeness (QED) is 0.890. The molecular formula is C18H24N2O4. The normalized spacial score (nSPS) is 25.9. The van der Waals surface area contributed by atoms with Crippen molar-refractivity contribution in [2.24, 2.45) is 11.7 Å². The smallest absolute Gasteiger partial charge is 0.261 e. The van der Waals surface area contributed by atoms with Crippen LogP contribution in [0.25, 0.3) is 0 Å². The van der Waals surface area contributed by atoms with Crippen LogP contribution in [0.15, 0.2) is 24.3 Å². The molecule has 24 heavy (non-hydrogen) atoms. The van der Waals surface area contributed by atoms with Gasteiger partial charge < -0.3 is 20.1 Å². The number of primary amides is 1. The Morgan fingerprint density at radius 3 is 2.50 bits per heavy atom. The molecular weight excluding hydrogens is 308 g/mol. The summed E-state index contributed by atoms with van der Waals surface area (Å²) in [6, 6.07) is 6.70. The van der Waals surface area contributed by atoms with Crippen LogP contribution in [0.5, 0.6) is 11.5 Å². The number of benzene rings is 1. The van der Waals surface area contributed by atoms with Gasteiger partial charge in [0.1, 0.15) is 17.5 Å². The predicted molar refractivity (Wildman–Crippen MR) is 88.7 cm³/mol. The number of fused-ring (bicyclic) bond motifs is 1. The number of nitrogens with zero attached hydrogens (tertiary/aromatic N) is 1. The number of likely N-dealkylation sites (tertiary alicyclic amines) is 1. The molecule has 3 atom stereocenters. The number of ether oxygens (including phenoxy) is 2. The topological polar surface area (TPSA) is 81.9 Å². The molecule has 1 heterocycles. The van der Waals surface area contributed by atoms with E-state index in [2.05, 4.69) is 0 Å². The van der Waals surface area contributed by atoms with Gasteiger partial charge in [-0.25, -0.2) is 0 Å². The van der Waals surface area contributed by atoms with Gasteiger partial charge in [-0.1, -0.05) is 12.8 Å². The average Bonchev–Trinajstić information content (AvgIpc) is 3.00. The van der Waals surface area contributed by atoms with Gasteiger partial charge in [0, 0.05) is 6.04 Å². The highest BCUT2D eigenvalue weighted by molar-refractivity contribution is 5.88. The first kappa shape index (κ1) is 16.6. The molecule has 3 rings (SSSR count). The van der Waals surface area contributed by atoms with Crippen LogP contribution in [0, 0.1) is 5.92 Å². The molecule has 1 aliphatic carbocycles. The summed E-state index contributed by atoms with van der Waals surface area (Å²) in [7, 11) is 1.59. The summed E-state index contributed by atoms with van der Waals surface area (Å²) in [6.07, 6.45) is 4.96. The summed E-state index contributed by atoms with van der Waals surface area (Å²) in [6.45, 7) is -0.0840. The van der Waals surface area contributed by atoms with E-state index in [1.165, 1.54) is 0 Å². The third-order valence-electron chi connectivity index (χ3n) is 5.13. The number of rotatable bonds is 5. The molecule has 0 spiro atoms. The van der Waals surface area contributed by atoms with E-state index in [-0.39, 0.29) is 18.6 Å². The fourth-order valence-electron chi connectivity index (χ4n) is 3.96. The highest BCUT2D eigenvalue weighted by Gasteiger charge is 2.46. The van der Waals surface area contributed by atoms with Crippen molar-refractivity contribution in [3.05, 3.63) is 24.3 Å². The second-order valence-electron chi connectivity index (χ2n) is 6.53. The van der Waals surface area contributed by atoms with Crippen LogP contribution in [-0.2, 0) is 9.59 Å². The van der Waals surface area contributed by atoms with E-state index in [1.54, 1.807) is 36.3 Å². The highest BCUT2D eigenvalue weighted by Crippen LogP contribution is 2.39. The van der Waals surface area contributed by atoms with E-state index in [1.807, 2.05) is 0 Å². The van der Waals surface area contributed by atoms with E-state index < -0.39 is 11.9 Å². The van der Waals surface area contributed by atoms with Crippen molar-refractivity contribution >= 4 is 11.8 Å². The van der Waals surface area contributed by atoms with Crippen LogP contribution in [0.3, 0.4) is 0 Å². The Bertz CT molecular complexity index is 602. The van der Waals surface area contributed by atoms with Crippen molar-refractivity contribution in [2.45, 2.75) is 44.2 Å². The largest absolute Gasteiger partial charge is 0.497 e. The van der Waals surface area contributed by atoms with Crippen molar-refractivity contribution in [1.29, 1.82) is 0 Å². The van der Waals surface area contributed by atoms with Gasteiger partial charge in [-0.3, -0.25) is 9.59 Å². The molecule has 3 unspecified atom stereocenters. The number of carbonyl (C=O) groups excluding carboxylic acids is 2. The Kier molecular flexibility index (Phi) is 4.92. The van der Waals surface area contributed by atoms with E-state index in [0.29, 0.717) is 18.1 Å². The minimum absolute atomic E-state index is 0.0840. The van der Waals surface area contributed by atoms with Gasteiger partial charge in [-0.05, 0) is 49.4 Å². The predicted octanol–water partition coefficient (Wildman–Crippen LogP) is 1.72. The van der Waals surface area contributed by atoms with E-state index in [0.717, 1.165) is 31.4 Å². The Morgan fingerprint density at radius 1 is 1.17 bits per heavy atom. The van der Waals surface area contributed by atoms with Gasteiger partial charge in [0.25, 0.3) is 5.91 Å². The molecule has 2 N–H and O–H groups in total. The molecule has 2 aliphatic rings. The van der Waals surface area contributed by atoms with Crippen molar-refractivity contribution < 1.29 is 19.1 Å². The maximum absolute atomic E-state index is 12.7. The third-order valence-corrected chi connectivity index (χ3v) is 5.13. The zero-order chi connectivity index (χ0) is 17.1. The van der Waals surface area contributed by atoms with Crippen molar-refractivity contribution in [3.8, 4) is 11.5 Å². The molecule has 1 aromatic rings. The molecule has 1 saturated heterocycles. The molecule has 2 fully saturated rings. The summed E-state index contributed by atoms with van der Waals surface area (Å²) < 4.78 is 10.7. The number of methoxy groups -OCH3 is 1. The Hall–Kier alpha value is -2.24. The molecule has 1 aromatic carbocycles. The van der Waals surface area contributed by atoms with Crippen molar-refractivity contribution in [1.82, 2.24) is 4.90 Å². The van der Waals surface area contributed by atoms with E-state index in [4.69, 9.17) is 15.2 Å². The average molecular weight is 332 g/mol. The number of amides is 2. The maximum Gasteiger partial charge on any atom is 0.261 e. The summed E-state index contributed by atoms with van der Waals surface area (Å²) in [5.74, 6) is 1.14. The molecule has 130 valence electrons. The Morgan fingerprint density at radius 2 is 1.83 bits per heavy atom. The van der Waals surface area contributed by atoms with Gasteiger partial charge in [0.2, 0.25) is 5.91 Å². The first-order chi connectivity index (χ1) is 11.6. The summed E-state index contributed by atoms with van der Waals surface area (Å²) in [5, 5.41) is 0. The van der Waals surface area contributed by atoms with Crippen LogP contribution in [0.2, 0.25) is 0 Å². The number of nitrogens with two attached hydrogens (primary N) is 1. The molecule has 0 aromatic heterocycles.